The van der Waals surface area contributed by atoms with Crippen LogP contribution in [0.1, 0.15) is 40.1 Å². The molecule has 0 atom stereocenters. The van der Waals surface area contributed by atoms with Gasteiger partial charge in [0, 0.05) is 29.9 Å². The minimum absolute atomic E-state index is 0.0848. The highest BCUT2D eigenvalue weighted by Crippen LogP contribution is 2.17. The van der Waals surface area contributed by atoms with Crippen LogP contribution in [0.2, 0.25) is 0 Å². The predicted molar refractivity (Wildman–Crippen MR) is 121 cm³/mol. The van der Waals surface area contributed by atoms with Gasteiger partial charge in [-0.2, -0.15) is 0 Å². The Kier molecular flexibility index (Phi) is 6.99. The number of nitrogens with one attached hydrogen (secondary N) is 1. The maximum Gasteiger partial charge on any atom is 0.258 e. The molecule has 0 aliphatic rings. The zero-order valence-corrected chi connectivity index (χ0v) is 18.2. The number of Topliss-reactive ketones (excluding diaryl/α,β-unsaturated/α-hetero) is 1. The molecule has 1 N–H and O–H groups in total. The van der Waals surface area contributed by atoms with E-state index < -0.39 is 10.0 Å². The minimum atomic E-state index is -3.72. The third-order valence-electron chi connectivity index (χ3n) is 4.87. The highest BCUT2D eigenvalue weighted by Gasteiger charge is 2.17. The van der Waals surface area contributed by atoms with Crippen LogP contribution in [-0.2, 0) is 16.6 Å². The second kappa shape index (κ2) is 9.68. The summed E-state index contributed by atoms with van der Waals surface area (Å²) in [6.45, 7) is 3.96. The van der Waals surface area contributed by atoms with Gasteiger partial charge in [-0.1, -0.05) is 42.5 Å². The highest BCUT2D eigenvalue weighted by molar-refractivity contribution is 7.89. The Bertz CT molecular complexity index is 1160. The van der Waals surface area contributed by atoms with Crippen molar-refractivity contribution in [2.24, 2.45) is 0 Å². The molecule has 7 heteroatoms. The zero-order valence-electron chi connectivity index (χ0n) is 17.4. The molecule has 3 aromatic carbocycles. The van der Waals surface area contributed by atoms with Crippen LogP contribution in [0.4, 0.5) is 5.69 Å². The first-order valence-electron chi connectivity index (χ1n) is 9.88. The first kappa shape index (κ1) is 22.4. The Hall–Kier alpha value is -3.29. The zero-order chi connectivity index (χ0) is 22.4. The molecule has 0 heterocycles. The van der Waals surface area contributed by atoms with Crippen molar-refractivity contribution in [2.45, 2.75) is 25.3 Å². The molecule has 0 aliphatic carbocycles. The summed E-state index contributed by atoms with van der Waals surface area (Å²) in [4.78, 5) is 26.0. The SMILES string of the molecule is CCN(C(=O)c1ccc(CNS(=O)(=O)c2ccc(C(C)=O)cc2)cc1)c1ccccc1. The van der Waals surface area contributed by atoms with Crippen LogP contribution in [0.25, 0.3) is 0 Å². The molecule has 31 heavy (non-hydrogen) atoms. The van der Waals surface area contributed by atoms with Crippen molar-refractivity contribution in [2.75, 3.05) is 11.4 Å². The summed E-state index contributed by atoms with van der Waals surface area (Å²) >= 11 is 0. The van der Waals surface area contributed by atoms with E-state index in [0.29, 0.717) is 17.7 Å². The predicted octanol–water partition coefficient (Wildman–Crippen LogP) is 4.03. The molecule has 3 rings (SSSR count). The molecule has 1 amide bonds. The van der Waals surface area contributed by atoms with Gasteiger partial charge in [-0.25, -0.2) is 13.1 Å². The van der Waals surface area contributed by atoms with E-state index in [4.69, 9.17) is 0 Å². The smallest absolute Gasteiger partial charge is 0.258 e. The van der Waals surface area contributed by atoms with Gasteiger partial charge in [-0.15, -0.1) is 0 Å². The number of para-hydroxylation sites is 1. The van der Waals surface area contributed by atoms with Crippen molar-refractivity contribution in [3.05, 3.63) is 95.6 Å². The fourth-order valence-corrected chi connectivity index (χ4v) is 4.12. The topological polar surface area (TPSA) is 83.6 Å². The van der Waals surface area contributed by atoms with Crippen LogP contribution >= 0.6 is 0 Å². The van der Waals surface area contributed by atoms with Gasteiger partial charge in [0.05, 0.1) is 4.90 Å². The van der Waals surface area contributed by atoms with Crippen LogP contribution in [0.3, 0.4) is 0 Å². The largest absolute Gasteiger partial charge is 0.309 e. The number of carbonyl (C=O) groups excluding carboxylic acids is 2. The van der Waals surface area contributed by atoms with E-state index in [1.54, 1.807) is 29.2 Å². The number of rotatable bonds is 8. The molecule has 0 aliphatic heterocycles. The Labute approximate surface area is 182 Å². The molecule has 0 radical (unpaired) electrons. The summed E-state index contributed by atoms with van der Waals surface area (Å²) in [5, 5.41) is 0. The number of ketones is 1. The average Bonchev–Trinajstić information content (AvgIpc) is 2.79. The summed E-state index contributed by atoms with van der Waals surface area (Å²) in [5.74, 6) is -0.244. The second-order valence-electron chi connectivity index (χ2n) is 6.99. The molecule has 0 fully saturated rings. The summed E-state index contributed by atoms with van der Waals surface area (Å²) in [6, 6.07) is 22.1. The van der Waals surface area contributed by atoms with Crippen LogP contribution < -0.4 is 9.62 Å². The second-order valence-corrected chi connectivity index (χ2v) is 8.75. The summed E-state index contributed by atoms with van der Waals surface area (Å²) in [5.41, 5.74) is 2.53. The molecular weight excluding hydrogens is 412 g/mol. The normalized spacial score (nSPS) is 11.2. The van der Waals surface area contributed by atoms with Crippen molar-refractivity contribution in [3.8, 4) is 0 Å². The molecule has 0 unspecified atom stereocenters. The Morgan fingerprint density at radius 1 is 0.839 bits per heavy atom. The maximum atomic E-state index is 12.9. The van der Waals surface area contributed by atoms with E-state index in [0.717, 1.165) is 11.3 Å². The fourth-order valence-electron chi connectivity index (χ4n) is 3.10. The highest BCUT2D eigenvalue weighted by atomic mass is 32.2. The van der Waals surface area contributed by atoms with E-state index in [2.05, 4.69) is 4.72 Å². The third kappa shape index (κ3) is 5.45. The summed E-state index contributed by atoms with van der Waals surface area (Å²) in [6.07, 6.45) is 0. The van der Waals surface area contributed by atoms with Gasteiger partial charge in [0.2, 0.25) is 10.0 Å². The van der Waals surface area contributed by atoms with Gasteiger partial charge >= 0.3 is 0 Å². The van der Waals surface area contributed by atoms with E-state index >= 15 is 0 Å². The Morgan fingerprint density at radius 2 is 1.42 bits per heavy atom. The molecule has 0 aromatic heterocycles. The van der Waals surface area contributed by atoms with Gasteiger partial charge in [0.15, 0.2) is 5.78 Å². The lowest BCUT2D eigenvalue weighted by atomic mass is 10.1. The number of nitrogens with zero attached hydrogens (tertiary/aromatic N) is 1. The van der Waals surface area contributed by atoms with E-state index in [1.165, 1.54) is 31.2 Å². The maximum absolute atomic E-state index is 12.9. The van der Waals surface area contributed by atoms with Gasteiger partial charge in [0.1, 0.15) is 0 Å². The minimum Gasteiger partial charge on any atom is -0.309 e. The van der Waals surface area contributed by atoms with Crippen molar-refractivity contribution >= 4 is 27.4 Å². The molecule has 3 aromatic rings. The lowest BCUT2D eigenvalue weighted by Crippen LogP contribution is -2.30. The Morgan fingerprint density at radius 3 is 1.97 bits per heavy atom. The van der Waals surface area contributed by atoms with E-state index in [9.17, 15) is 18.0 Å². The van der Waals surface area contributed by atoms with Crippen LogP contribution in [-0.4, -0.2) is 26.7 Å². The lowest BCUT2D eigenvalue weighted by Gasteiger charge is -2.21. The summed E-state index contributed by atoms with van der Waals surface area (Å²) in [7, 11) is -3.72. The molecule has 160 valence electrons. The van der Waals surface area contributed by atoms with Gasteiger partial charge in [-0.3, -0.25) is 9.59 Å². The van der Waals surface area contributed by atoms with Crippen LogP contribution in [0.15, 0.2) is 83.8 Å². The van der Waals surface area contributed by atoms with Gasteiger partial charge in [-0.05, 0) is 55.8 Å². The van der Waals surface area contributed by atoms with Crippen molar-refractivity contribution in [1.82, 2.24) is 4.72 Å². The molecule has 0 spiro atoms. The van der Waals surface area contributed by atoms with E-state index in [1.807, 2.05) is 37.3 Å². The third-order valence-corrected chi connectivity index (χ3v) is 6.28. The number of hydrogen-bond donors (Lipinski definition) is 1. The number of amides is 1. The van der Waals surface area contributed by atoms with Crippen LogP contribution in [0, 0.1) is 0 Å². The quantitative estimate of drug-likeness (QED) is 0.540. The first-order valence-corrected chi connectivity index (χ1v) is 11.4. The number of sulfonamides is 1. The van der Waals surface area contributed by atoms with Gasteiger partial charge < -0.3 is 4.90 Å². The van der Waals surface area contributed by atoms with Crippen molar-refractivity contribution in [3.63, 3.8) is 0 Å². The standard InChI is InChI=1S/C24H24N2O4S/c1-3-26(22-7-5-4-6-8-22)24(28)21-11-9-19(10-12-21)17-25-31(29,30)23-15-13-20(14-16-23)18(2)27/h4-16,25H,3,17H2,1-2H3. The number of anilines is 1. The number of hydrogen-bond acceptors (Lipinski definition) is 4. The first-order chi connectivity index (χ1) is 14.8. The molecule has 6 nitrogen and oxygen atoms in total. The number of benzene rings is 3. The fraction of sp³-hybridized carbons (Fsp3) is 0.167. The number of carbonyl (C=O) groups is 2. The summed E-state index contributed by atoms with van der Waals surface area (Å²) < 4.78 is 27.5. The molecule has 0 bridgehead atoms. The van der Waals surface area contributed by atoms with Crippen LogP contribution in [0.5, 0.6) is 0 Å². The molecule has 0 saturated heterocycles. The lowest BCUT2D eigenvalue weighted by molar-refractivity contribution is 0.0986. The molecular formula is C24H24N2O4S. The Balaban J connectivity index is 1.67. The van der Waals surface area contributed by atoms with Gasteiger partial charge in [0.25, 0.3) is 5.91 Å². The average molecular weight is 437 g/mol. The van der Waals surface area contributed by atoms with Crippen molar-refractivity contribution in [1.29, 1.82) is 0 Å². The molecule has 0 saturated carbocycles. The van der Waals surface area contributed by atoms with Crippen molar-refractivity contribution < 1.29 is 18.0 Å². The van der Waals surface area contributed by atoms with E-state index in [-0.39, 0.29) is 23.1 Å². The monoisotopic (exact) mass is 436 g/mol.